The average Bonchev–Trinajstić information content (AvgIpc) is 2.79. The third-order valence-electron chi connectivity index (χ3n) is 6.14. The van der Waals surface area contributed by atoms with E-state index in [0.717, 1.165) is 19.3 Å². The summed E-state index contributed by atoms with van der Waals surface area (Å²) in [5.41, 5.74) is 2.64. The minimum absolute atomic E-state index is 0.00572. The quantitative estimate of drug-likeness (QED) is 0.818. The van der Waals surface area contributed by atoms with Crippen molar-refractivity contribution in [1.29, 1.82) is 5.26 Å². The smallest absolute Gasteiger partial charge is 0.244 e. The van der Waals surface area contributed by atoms with Crippen LogP contribution in [0.15, 0.2) is 53.4 Å². The zero-order valence-corrected chi connectivity index (χ0v) is 17.6. The van der Waals surface area contributed by atoms with Gasteiger partial charge in [-0.1, -0.05) is 36.4 Å². The predicted molar refractivity (Wildman–Crippen MR) is 113 cm³/mol. The van der Waals surface area contributed by atoms with Gasteiger partial charge in [0.2, 0.25) is 15.9 Å². The van der Waals surface area contributed by atoms with Crippen molar-refractivity contribution in [2.45, 2.75) is 43.0 Å². The van der Waals surface area contributed by atoms with Crippen molar-refractivity contribution in [1.82, 2.24) is 9.62 Å². The molecule has 1 saturated heterocycles. The predicted octanol–water partition coefficient (Wildman–Crippen LogP) is 3.15. The minimum atomic E-state index is -3.74. The van der Waals surface area contributed by atoms with Crippen LogP contribution in [0.4, 0.5) is 0 Å². The molecule has 0 radical (unpaired) electrons. The van der Waals surface area contributed by atoms with Crippen molar-refractivity contribution in [2.75, 3.05) is 13.1 Å². The van der Waals surface area contributed by atoms with E-state index in [4.69, 9.17) is 0 Å². The van der Waals surface area contributed by atoms with Crippen molar-refractivity contribution in [2.24, 2.45) is 5.92 Å². The third kappa shape index (κ3) is 3.98. The number of carbonyl (C=O) groups is 1. The van der Waals surface area contributed by atoms with Gasteiger partial charge in [0.15, 0.2) is 0 Å². The molecule has 1 amide bonds. The van der Waals surface area contributed by atoms with Crippen LogP contribution in [0, 0.1) is 17.2 Å². The van der Waals surface area contributed by atoms with Crippen LogP contribution in [0.1, 0.15) is 48.4 Å². The molecule has 1 heterocycles. The van der Waals surface area contributed by atoms with Crippen LogP contribution >= 0.6 is 0 Å². The highest BCUT2D eigenvalue weighted by molar-refractivity contribution is 7.89. The van der Waals surface area contributed by atoms with E-state index in [1.54, 1.807) is 12.1 Å². The molecule has 1 fully saturated rings. The molecule has 4 rings (SSSR count). The van der Waals surface area contributed by atoms with Gasteiger partial charge in [0, 0.05) is 19.0 Å². The van der Waals surface area contributed by atoms with Crippen molar-refractivity contribution in [3.05, 3.63) is 65.2 Å². The number of hydrogen-bond acceptors (Lipinski definition) is 4. The van der Waals surface area contributed by atoms with Crippen LogP contribution in [0.5, 0.6) is 0 Å². The fraction of sp³-hybridized carbons (Fsp3) is 0.391. The Morgan fingerprint density at radius 1 is 1.03 bits per heavy atom. The summed E-state index contributed by atoms with van der Waals surface area (Å²) in [7, 11) is -3.74. The SMILES string of the molecule is N#Cc1ccccc1S(=O)(=O)N1CCC(C(=O)N[C@H]2CCCc3ccccc32)CC1. The molecular formula is C23H25N3O3S. The molecule has 0 unspecified atom stereocenters. The monoisotopic (exact) mass is 423 g/mol. The second-order valence-corrected chi connectivity index (χ2v) is 9.84. The van der Waals surface area contributed by atoms with Crippen molar-refractivity contribution < 1.29 is 13.2 Å². The zero-order valence-electron chi connectivity index (χ0n) is 16.8. The number of rotatable bonds is 4. The van der Waals surface area contributed by atoms with E-state index in [0.29, 0.717) is 12.8 Å². The third-order valence-corrected chi connectivity index (χ3v) is 8.09. The first-order chi connectivity index (χ1) is 14.5. The molecule has 0 bridgehead atoms. The van der Waals surface area contributed by atoms with E-state index in [1.807, 2.05) is 18.2 Å². The molecule has 2 aromatic carbocycles. The van der Waals surface area contributed by atoms with Gasteiger partial charge in [-0.15, -0.1) is 0 Å². The largest absolute Gasteiger partial charge is 0.349 e. The van der Waals surface area contributed by atoms with Gasteiger partial charge in [-0.3, -0.25) is 4.79 Å². The van der Waals surface area contributed by atoms with Gasteiger partial charge in [-0.05, 0) is 55.4 Å². The highest BCUT2D eigenvalue weighted by Gasteiger charge is 2.34. The summed E-state index contributed by atoms with van der Waals surface area (Å²) >= 11 is 0. The van der Waals surface area contributed by atoms with Crippen LogP contribution in [0.2, 0.25) is 0 Å². The highest BCUT2D eigenvalue weighted by Crippen LogP contribution is 2.31. The molecule has 0 spiro atoms. The lowest BCUT2D eigenvalue weighted by Crippen LogP contribution is -2.44. The summed E-state index contributed by atoms with van der Waals surface area (Å²) in [5, 5.41) is 12.4. The molecule has 30 heavy (non-hydrogen) atoms. The van der Waals surface area contributed by atoms with Crippen molar-refractivity contribution in [3.8, 4) is 6.07 Å². The molecule has 1 aliphatic carbocycles. The Hall–Kier alpha value is -2.69. The van der Waals surface area contributed by atoms with E-state index in [1.165, 1.54) is 27.6 Å². The van der Waals surface area contributed by atoms with Crippen molar-refractivity contribution >= 4 is 15.9 Å². The van der Waals surface area contributed by atoms with Gasteiger partial charge in [0.05, 0.1) is 16.5 Å². The summed E-state index contributed by atoms with van der Waals surface area (Å²) in [6.07, 6.45) is 3.99. The second-order valence-electron chi connectivity index (χ2n) is 7.94. The molecule has 1 atom stereocenters. The number of carbonyl (C=O) groups excluding carboxylic acids is 1. The number of amides is 1. The molecule has 7 heteroatoms. The number of sulfonamides is 1. The summed E-state index contributed by atoms with van der Waals surface area (Å²) in [4.78, 5) is 12.9. The van der Waals surface area contributed by atoms with Gasteiger partial charge in [0.1, 0.15) is 6.07 Å². The first kappa shape index (κ1) is 20.6. The molecule has 2 aromatic rings. The maximum Gasteiger partial charge on any atom is 0.244 e. The number of fused-ring (bicyclic) bond motifs is 1. The summed E-state index contributed by atoms with van der Waals surface area (Å²) < 4.78 is 27.3. The molecule has 1 N–H and O–H groups in total. The average molecular weight is 424 g/mol. The number of hydrogen-bond donors (Lipinski definition) is 1. The molecular weight excluding hydrogens is 398 g/mol. The summed E-state index contributed by atoms with van der Waals surface area (Å²) in [6, 6.07) is 16.5. The lowest BCUT2D eigenvalue weighted by atomic mass is 9.87. The van der Waals surface area contributed by atoms with Crippen LogP contribution in [-0.4, -0.2) is 31.7 Å². The van der Waals surface area contributed by atoms with Crippen LogP contribution in [0.3, 0.4) is 0 Å². The first-order valence-corrected chi connectivity index (χ1v) is 11.8. The lowest BCUT2D eigenvalue weighted by Gasteiger charge is -2.33. The zero-order chi connectivity index (χ0) is 21.1. The van der Waals surface area contributed by atoms with E-state index >= 15 is 0 Å². The van der Waals surface area contributed by atoms with Crippen LogP contribution in [0.25, 0.3) is 0 Å². The standard InChI is InChI=1S/C23H25N3O3S/c24-16-19-7-2-4-11-22(19)30(28,29)26-14-12-18(13-15-26)23(27)25-21-10-5-8-17-6-1-3-9-20(17)21/h1-4,6-7,9,11,18,21H,5,8,10,12-15H2,(H,25,27)/t21-/m0/s1. The second kappa shape index (κ2) is 8.58. The Labute approximate surface area is 177 Å². The van der Waals surface area contributed by atoms with Gasteiger partial charge < -0.3 is 5.32 Å². The molecule has 0 aromatic heterocycles. The number of benzene rings is 2. The van der Waals surface area contributed by atoms with Gasteiger partial charge in [-0.25, -0.2) is 8.42 Å². The molecule has 6 nitrogen and oxygen atoms in total. The minimum Gasteiger partial charge on any atom is -0.349 e. The Bertz CT molecular complexity index is 1080. The first-order valence-electron chi connectivity index (χ1n) is 10.4. The van der Waals surface area contributed by atoms with E-state index in [-0.39, 0.29) is 41.4 Å². The topological polar surface area (TPSA) is 90.3 Å². The molecule has 1 aliphatic heterocycles. The Kier molecular flexibility index (Phi) is 5.89. The maximum atomic E-state index is 13.0. The number of nitriles is 1. The van der Waals surface area contributed by atoms with Crippen LogP contribution in [-0.2, 0) is 21.2 Å². The molecule has 0 saturated carbocycles. The van der Waals surface area contributed by atoms with Gasteiger partial charge in [-0.2, -0.15) is 9.57 Å². The lowest BCUT2D eigenvalue weighted by molar-refractivity contribution is -0.127. The number of nitrogens with one attached hydrogen (secondary N) is 1. The Morgan fingerprint density at radius 3 is 2.50 bits per heavy atom. The molecule has 2 aliphatic rings. The Balaban J connectivity index is 1.40. The fourth-order valence-electron chi connectivity index (χ4n) is 4.47. The number of nitrogens with zero attached hydrogens (tertiary/aromatic N) is 2. The van der Waals surface area contributed by atoms with E-state index in [9.17, 15) is 18.5 Å². The highest BCUT2D eigenvalue weighted by atomic mass is 32.2. The Morgan fingerprint density at radius 2 is 1.73 bits per heavy atom. The number of piperidine rings is 1. The fourth-order valence-corrected chi connectivity index (χ4v) is 6.09. The van der Waals surface area contributed by atoms with Crippen molar-refractivity contribution in [3.63, 3.8) is 0 Å². The van der Waals surface area contributed by atoms with E-state index in [2.05, 4.69) is 17.4 Å². The normalized spacial score (nSPS) is 20.2. The maximum absolute atomic E-state index is 13.0. The number of aryl methyl sites for hydroxylation is 1. The van der Waals surface area contributed by atoms with E-state index < -0.39 is 10.0 Å². The van der Waals surface area contributed by atoms with Crippen LogP contribution < -0.4 is 5.32 Å². The van der Waals surface area contributed by atoms with Gasteiger partial charge in [0.25, 0.3) is 0 Å². The summed E-state index contributed by atoms with van der Waals surface area (Å²) in [5.74, 6) is -0.192. The molecule has 156 valence electrons. The summed E-state index contributed by atoms with van der Waals surface area (Å²) in [6.45, 7) is 0.558. The van der Waals surface area contributed by atoms with Gasteiger partial charge >= 0.3 is 0 Å².